The van der Waals surface area contributed by atoms with Gasteiger partial charge in [-0.15, -0.1) is 0 Å². The van der Waals surface area contributed by atoms with Crippen molar-refractivity contribution in [2.24, 2.45) is 11.8 Å². The van der Waals surface area contributed by atoms with E-state index >= 15 is 0 Å². The summed E-state index contributed by atoms with van der Waals surface area (Å²) in [4.78, 5) is 36.0. The molecule has 0 aromatic rings. The molecule has 2 amide bonds. The molecule has 0 bridgehead atoms. The summed E-state index contributed by atoms with van der Waals surface area (Å²) in [5.41, 5.74) is 0. The first-order valence-corrected chi connectivity index (χ1v) is 11.0. The first kappa shape index (κ1) is 26.4. The molecule has 0 aromatic carbocycles. The van der Waals surface area contributed by atoms with Crippen molar-refractivity contribution in [1.82, 2.24) is 10.6 Å². The minimum Gasteiger partial charge on any atom is -0.480 e. The molecule has 0 heterocycles. The maximum atomic E-state index is 12.5. The summed E-state index contributed by atoms with van der Waals surface area (Å²) in [7, 11) is 0. The zero-order valence-electron chi connectivity index (χ0n) is 18.6. The van der Waals surface area contributed by atoms with Crippen LogP contribution in [0.1, 0.15) is 98.8 Å². The molecular formula is C22H42N2O4. The van der Waals surface area contributed by atoms with E-state index < -0.39 is 24.0 Å². The van der Waals surface area contributed by atoms with Crippen molar-refractivity contribution >= 4 is 17.8 Å². The molecule has 164 valence electrons. The predicted molar refractivity (Wildman–Crippen MR) is 113 cm³/mol. The summed E-state index contributed by atoms with van der Waals surface area (Å²) in [6, 6.07) is -1.67. The molecule has 0 aromatic heterocycles. The number of nitrogens with one attached hydrogen (secondary N) is 2. The van der Waals surface area contributed by atoms with Crippen LogP contribution in [-0.4, -0.2) is 35.0 Å². The van der Waals surface area contributed by atoms with E-state index in [0.717, 1.165) is 19.3 Å². The molecule has 0 fully saturated rings. The molecule has 6 heteroatoms. The zero-order chi connectivity index (χ0) is 21.5. The van der Waals surface area contributed by atoms with Gasteiger partial charge in [0.2, 0.25) is 11.8 Å². The number of hydrogen-bond acceptors (Lipinski definition) is 3. The molecule has 0 saturated heterocycles. The lowest BCUT2D eigenvalue weighted by atomic mass is 10.00. The smallest absolute Gasteiger partial charge is 0.326 e. The standard InChI is InChI=1S/C22H42N2O4/c1-6-7-8-9-10-11-12-13-14-15-18(25)23-19(16(2)3)21(26)24-20(17(4)5)22(27)28/h16-17,19-20H,6-15H2,1-5H3,(H,23,25)(H,24,26)(H,27,28). The summed E-state index contributed by atoms with van der Waals surface area (Å²) in [6.07, 6.45) is 11.1. The number of hydrogen-bond donors (Lipinski definition) is 3. The Morgan fingerprint density at radius 1 is 0.714 bits per heavy atom. The van der Waals surface area contributed by atoms with Crippen LogP contribution in [0, 0.1) is 11.8 Å². The second-order valence-corrected chi connectivity index (χ2v) is 8.44. The van der Waals surface area contributed by atoms with E-state index in [1.54, 1.807) is 13.8 Å². The molecule has 6 nitrogen and oxygen atoms in total. The lowest BCUT2D eigenvalue weighted by Crippen LogP contribution is -2.54. The molecule has 0 aliphatic heterocycles. The van der Waals surface area contributed by atoms with Gasteiger partial charge in [0.15, 0.2) is 0 Å². The van der Waals surface area contributed by atoms with Gasteiger partial charge in [-0.25, -0.2) is 4.79 Å². The van der Waals surface area contributed by atoms with Crippen LogP contribution in [0.5, 0.6) is 0 Å². The highest BCUT2D eigenvalue weighted by atomic mass is 16.4. The molecule has 3 N–H and O–H groups in total. The number of unbranched alkanes of at least 4 members (excludes halogenated alkanes) is 8. The average Bonchev–Trinajstić information content (AvgIpc) is 2.61. The number of rotatable bonds is 16. The van der Waals surface area contributed by atoms with Gasteiger partial charge in [0.1, 0.15) is 12.1 Å². The van der Waals surface area contributed by atoms with Crippen LogP contribution in [0.25, 0.3) is 0 Å². The van der Waals surface area contributed by atoms with Crippen LogP contribution >= 0.6 is 0 Å². The van der Waals surface area contributed by atoms with E-state index in [-0.39, 0.29) is 17.7 Å². The quantitative estimate of drug-likeness (QED) is 0.338. The van der Waals surface area contributed by atoms with Crippen LogP contribution in [0.4, 0.5) is 0 Å². The Bertz CT molecular complexity index is 463. The van der Waals surface area contributed by atoms with Gasteiger partial charge in [-0.05, 0) is 18.3 Å². The first-order chi connectivity index (χ1) is 13.2. The number of carboxylic acids is 1. The molecule has 0 spiro atoms. The maximum Gasteiger partial charge on any atom is 0.326 e. The lowest BCUT2D eigenvalue weighted by molar-refractivity contribution is -0.143. The van der Waals surface area contributed by atoms with Gasteiger partial charge in [0.05, 0.1) is 0 Å². The van der Waals surface area contributed by atoms with Crippen molar-refractivity contribution in [3.8, 4) is 0 Å². The van der Waals surface area contributed by atoms with Gasteiger partial charge in [-0.2, -0.15) is 0 Å². The van der Waals surface area contributed by atoms with E-state index in [0.29, 0.717) is 6.42 Å². The third-order valence-electron chi connectivity index (χ3n) is 5.00. The van der Waals surface area contributed by atoms with Crippen molar-refractivity contribution < 1.29 is 19.5 Å². The minimum absolute atomic E-state index is 0.117. The molecule has 0 aliphatic carbocycles. The molecule has 0 aliphatic rings. The van der Waals surface area contributed by atoms with Crippen molar-refractivity contribution in [3.63, 3.8) is 0 Å². The Balaban J connectivity index is 4.23. The summed E-state index contributed by atoms with van der Waals surface area (Å²) < 4.78 is 0. The number of carbonyl (C=O) groups is 3. The van der Waals surface area contributed by atoms with Gasteiger partial charge in [-0.3, -0.25) is 9.59 Å². The van der Waals surface area contributed by atoms with Crippen molar-refractivity contribution in [2.45, 2.75) is 111 Å². The SMILES string of the molecule is CCCCCCCCCCCC(=O)NC(C(=O)NC(C(=O)O)C(C)C)C(C)C. The van der Waals surface area contributed by atoms with Crippen molar-refractivity contribution in [2.75, 3.05) is 0 Å². The number of carbonyl (C=O) groups excluding carboxylic acids is 2. The van der Waals surface area contributed by atoms with Gasteiger partial charge in [0, 0.05) is 6.42 Å². The average molecular weight is 399 g/mol. The summed E-state index contributed by atoms with van der Waals surface area (Å²) in [5, 5.41) is 14.6. The van der Waals surface area contributed by atoms with E-state index in [9.17, 15) is 19.5 Å². The van der Waals surface area contributed by atoms with Gasteiger partial charge in [0.25, 0.3) is 0 Å². The highest BCUT2D eigenvalue weighted by molar-refractivity contribution is 5.90. The fourth-order valence-electron chi connectivity index (χ4n) is 3.13. The van der Waals surface area contributed by atoms with Crippen LogP contribution in [-0.2, 0) is 14.4 Å². The van der Waals surface area contributed by atoms with Crippen LogP contribution < -0.4 is 10.6 Å². The maximum absolute atomic E-state index is 12.5. The molecule has 28 heavy (non-hydrogen) atoms. The summed E-state index contributed by atoms with van der Waals surface area (Å²) >= 11 is 0. The largest absolute Gasteiger partial charge is 0.480 e. The van der Waals surface area contributed by atoms with Gasteiger partial charge >= 0.3 is 5.97 Å². The normalized spacial score (nSPS) is 13.4. The lowest BCUT2D eigenvalue weighted by Gasteiger charge is -2.25. The topological polar surface area (TPSA) is 95.5 Å². The fraction of sp³-hybridized carbons (Fsp3) is 0.864. The second-order valence-electron chi connectivity index (χ2n) is 8.44. The number of amides is 2. The van der Waals surface area contributed by atoms with Crippen LogP contribution in [0.3, 0.4) is 0 Å². The van der Waals surface area contributed by atoms with Crippen LogP contribution in [0.15, 0.2) is 0 Å². The molecule has 0 saturated carbocycles. The van der Waals surface area contributed by atoms with Gasteiger partial charge in [-0.1, -0.05) is 86.0 Å². The Labute approximate surface area is 171 Å². The fourth-order valence-corrected chi connectivity index (χ4v) is 3.13. The number of aliphatic carboxylic acids is 1. The third-order valence-corrected chi connectivity index (χ3v) is 5.00. The second kappa shape index (κ2) is 15.3. The van der Waals surface area contributed by atoms with Crippen molar-refractivity contribution in [3.05, 3.63) is 0 Å². The first-order valence-electron chi connectivity index (χ1n) is 11.0. The Hall–Kier alpha value is -1.59. The molecule has 2 atom stereocenters. The Kier molecular flexibility index (Phi) is 14.5. The molecule has 0 rings (SSSR count). The highest BCUT2D eigenvalue weighted by Gasteiger charge is 2.29. The third kappa shape index (κ3) is 12.0. The monoisotopic (exact) mass is 398 g/mol. The Morgan fingerprint density at radius 3 is 1.61 bits per heavy atom. The molecule has 0 radical (unpaired) electrons. The molecule has 2 unspecified atom stereocenters. The van der Waals surface area contributed by atoms with Crippen molar-refractivity contribution in [1.29, 1.82) is 0 Å². The summed E-state index contributed by atoms with van der Waals surface area (Å²) in [6.45, 7) is 9.38. The zero-order valence-corrected chi connectivity index (χ0v) is 18.6. The predicted octanol–water partition coefficient (Wildman–Crippen LogP) is 4.27. The van der Waals surface area contributed by atoms with E-state index in [2.05, 4.69) is 17.6 Å². The number of carboxylic acid groups (broad SMARTS) is 1. The molecular weight excluding hydrogens is 356 g/mol. The minimum atomic E-state index is -1.06. The van der Waals surface area contributed by atoms with E-state index in [1.165, 1.54) is 38.5 Å². The van der Waals surface area contributed by atoms with Crippen LogP contribution in [0.2, 0.25) is 0 Å². The van der Waals surface area contributed by atoms with E-state index in [1.807, 2.05) is 13.8 Å². The van der Waals surface area contributed by atoms with E-state index in [4.69, 9.17) is 0 Å². The summed E-state index contributed by atoms with van der Waals surface area (Å²) in [5.74, 6) is -1.99. The van der Waals surface area contributed by atoms with Gasteiger partial charge < -0.3 is 15.7 Å². The highest BCUT2D eigenvalue weighted by Crippen LogP contribution is 2.11. The Morgan fingerprint density at radius 2 is 1.18 bits per heavy atom.